The molecule has 0 saturated carbocycles. The van der Waals surface area contributed by atoms with Crippen LogP contribution in [0.4, 0.5) is 5.69 Å². The number of fused-ring (bicyclic) bond motifs is 1. The molecule has 0 unspecified atom stereocenters. The lowest BCUT2D eigenvalue weighted by atomic mass is 10.1. The van der Waals surface area contributed by atoms with Gasteiger partial charge in [-0.1, -0.05) is 29.8 Å². The highest BCUT2D eigenvalue weighted by Crippen LogP contribution is 2.33. The largest absolute Gasteiger partial charge is 0.496 e. The number of carbonyl (C=O) groups is 3. The third kappa shape index (κ3) is 6.45. The van der Waals surface area contributed by atoms with E-state index >= 15 is 0 Å². The number of esters is 1. The molecule has 5 rings (SSSR count). The van der Waals surface area contributed by atoms with Crippen LogP contribution in [-0.2, 0) is 0 Å². The normalized spacial score (nSPS) is 11.7. The molecule has 0 saturated heterocycles. The Morgan fingerprint density at radius 3 is 2.54 bits per heavy atom. The van der Waals surface area contributed by atoms with E-state index in [1.54, 1.807) is 72.8 Å². The summed E-state index contributed by atoms with van der Waals surface area (Å²) in [6.45, 7) is 0.0933. The van der Waals surface area contributed by atoms with Crippen LogP contribution in [0.15, 0.2) is 90.0 Å². The molecule has 10 nitrogen and oxygen atoms in total. The summed E-state index contributed by atoms with van der Waals surface area (Å²) in [6, 6.07) is 22.5. The van der Waals surface area contributed by atoms with E-state index in [0.29, 0.717) is 33.5 Å². The van der Waals surface area contributed by atoms with Gasteiger partial charge in [0.2, 0.25) is 6.79 Å². The second-order valence-electron chi connectivity index (χ2n) is 8.57. The summed E-state index contributed by atoms with van der Waals surface area (Å²) in [5.41, 5.74) is 4.06. The zero-order chi connectivity index (χ0) is 28.8. The van der Waals surface area contributed by atoms with Gasteiger partial charge in [0.05, 0.1) is 24.5 Å². The number of methoxy groups -OCH3 is 1. The maximum atomic E-state index is 12.8. The van der Waals surface area contributed by atoms with Crippen molar-refractivity contribution in [2.75, 3.05) is 19.2 Å². The van der Waals surface area contributed by atoms with E-state index < -0.39 is 17.8 Å². The van der Waals surface area contributed by atoms with Crippen LogP contribution in [0, 0.1) is 0 Å². The van der Waals surface area contributed by atoms with Crippen LogP contribution in [0.5, 0.6) is 23.0 Å². The minimum atomic E-state index is -0.595. The third-order valence-electron chi connectivity index (χ3n) is 5.89. The Balaban J connectivity index is 1.23. The molecular formula is C30H22ClN3O7. The molecule has 11 heteroatoms. The van der Waals surface area contributed by atoms with Gasteiger partial charge in [-0.2, -0.15) is 5.10 Å². The Hall–Kier alpha value is -5.35. The molecule has 0 spiro atoms. The predicted octanol–water partition coefficient (Wildman–Crippen LogP) is 5.31. The molecule has 0 radical (unpaired) electrons. The van der Waals surface area contributed by atoms with Crippen LogP contribution in [-0.4, -0.2) is 37.9 Å². The van der Waals surface area contributed by atoms with Gasteiger partial charge in [-0.25, -0.2) is 10.2 Å². The van der Waals surface area contributed by atoms with E-state index in [1.165, 1.54) is 25.5 Å². The summed E-state index contributed by atoms with van der Waals surface area (Å²) in [6.07, 6.45) is 1.36. The van der Waals surface area contributed by atoms with Crippen molar-refractivity contribution >= 4 is 41.3 Å². The number of carbonyl (C=O) groups excluding carboxylic acids is 3. The molecule has 0 aliphatic carbocycles. The Kier molecular flexibility index (Phi) is 8.12. The molecule has 0 atom stereocenters. The van der Waals surface area contributed by atoms with E-state index in [0.717, 1.165) is 0 Å². The van der Waals surface area contributed by atoms with Crippen LogP contribution >= 0.6 is 11.6 Å². The summed E-state index contributed by atoms with van der Waals surface area (Å²) < 4.78 is 21.4. The van der Waals surface area contributed by atoms with Crippen LogP contribution in [0.2, 0.25) is 5.02 Å². The first-order valence-corrected chi connectivity index (χ1v) is 12.6. The molecule has 1 aliphatic heterocycles. The summed E-state index contributed by atoms with van der Waals surface area (Å²) >= 11 is 6.03. The molecule has 2 N–H and O–H groups in total. The molecule has 1 aliphatic rings. The highest BCUT2D eigenvalue weighted by atomic mass is 35.5. The molecule has 0 bridgehead atoms. The Bertz CT molecular complexity index is 1670. The molecular weight excluding hydrogens is 550 g/mol. The van der Waals surface area contributed by atoms with Crippen molar-refractivity contribution < 1.29 is 33.3 Å². The van der Waals surface area contributed by atoms with Crippen molar-refractivity contribution in [3.63, 3.8) is 0 Å². The number of hydrazone groups is 1. The fourth-order valence-electron chi connectivity index (χ4n) is 3.88. The highest BCUT2D eigenvalue weighted by molar-refractivity contribution is 6.31. The summed E-state index contributed by atoms with van der Waals surface area (Å²) in [7, 11) is 1.45. The van der Waals surface area contributed by atoms with Gasteiger partial charge < -0.3 is 24.3 Å². The average molecular weight is 572 g/mol. The van der Waals surface area contributed by atoms with Crippen LogP contribution in [0.1, 0.15) is 36.6 Å². The van der Waals surface area contributed by atoms with Crippen LogP contribution in [0.25, 0.3) is 0 Å². The molecule has 206 valence electrons. The first-order chi connectivity index (χ1) is 19.9. The van der Waals surface area contributed by atoms with Gasteiger partial charge in [0.15, 0.2) is 11.5 Å². The maximum Gasteiger partial charge on any atom is 0.343 e. The highest BCUT2D eigenvalue weighted by Gasteiger charge is 2.18. The van der Waals surface area contributed by atoms with Gasteiger partial charge in [0.25, 0.3) is 11.8 Å². The number of halogens is 1. The number of benzene rings is 4. The van der Waals surface area contributed by atoms with Crippen LogP contribution in [0.3, 0.4) is 0 Å². The average Bonchev–Trinajstić information content (AvgIpc) is 3.46. The van der Waals surface area contributed by atoms with E-state index in [4.69, 9.17) is 30.5 Å². The fraction of sp³-hybridized carbons (Fsp3) is 0.0667. The number of anilines is 1. The van der Waals surface area contributed by atoms with Crippen LogP contribution < -0.4 is 29.7 Å². The van der Waals surface area contributed by atoms with Crippen molar-refractivity contribution in [2.45, 2.75) is 0 Å². The first-order valence-electron chi connectivity index (χ1n) is 12.2. The lowest BCUT2D eigenvalue weighted by Gasteiger charge is -2.10. The molecule has 2 amide bonds. The van der Waals surface area contributed by atoms with Gasteiger partial charge in [0.1, 0.15) is 11.5 Å². The minimum absolute atomic E-state index is 0.0933. The van der Waals surface area contributed by atoms with Crippen molar-refractivity contribution in [2.24, 2.45) is 5.10 Å². The van der Waals surface area contributed by atoms with Gasteiger partial charge in [-0.15, -0.1) is 0 Å². The van der Waals surface area contributed by atoms with Gasteiger partial charge in [-0.3, -0.25) is 9.59 Å². The number of amides is 2. The molecule has 41 heavy (non-hydrogen) atoms. The summed E-state index contributed by atoms with van der Waals surface area (Å²) in [5, 5.41) is 7.12. The monoisotopic (exact) mass is 571 g/mol. The summed E-state index contributed by atoms with van der Waals surface area (Å²) in [5.74, 6) is 0.0528. The van der Waals surface area contributed by atoms with Gasteiger partial charge >= 0.3 is 5.97 Å². The number of hydrogen-bond donors (Lipinski definition) is 2. The van der Waals surface area contributed by atoms with E-state index in [1.807, 2.05) is 0 Å². The van der Waals surface area contributed by atoms with Crippen molar-refractivity contribution in [3.8, 4) is 23.0 Å². The molecule has 1 heterocycles. The van der Waals surface area contributed by atoms with Crippen molar-refractivity contribution in [1.82, 2.24) is 5.43 Å². The second-order valence-corrected chi connectivity index (χ2v) is 9.01. The van der Waals surface area contributed by atoms with Crippen molar-refractivity contribution in [3.05, 3.63) is 112 Å². The third-order valence-corrected chi connectivity index (χ3v) is 6.12. The number of rotatable bonds is 8. The van der Waals surface area contributed by atoms with E-state index in [9.17, 15) is 14.4 Å². The number of nitrogens with one attached hydrogen (secondary N) is 2. The molecule has 0 fully saturated rings. The SMILES string of the molecule is COc1ccc(Cl)cc1C(=O)Nc1cccc(C(=O)NN=Cc2ccccc2OC(=O)c2ccc3c(c2)OCO3)c1. The maximum absolute atomic E-state index is 12.8. The van der Waals surface area contributed by atoms with Gasteiger partial charge in [-0.05, 0) is 66.7 Å². The Labute approximate surface area is 239 Å². The standard InChI is InChI=1S/C30H22ClN3O7/c1-38-25-12-10-21(31)15-23(25)29(36)33-22-7-4-6-18(13-22)28(35)34-32-16-20-5-2-3-8-24(20)41-30(37)19-9-11-26-27(14-19)40-17-39-26/h2-16H,17H2,1H3,(H,33,36)(H,34,35). The quantitative estimate of drug-likeness (QED) is 0.127. The van der Waals surface area contributed by atoms with Gasteiger partial charge in [0, 0.05) is 21.8 Å². The lowest BCUT2D eigenvalue weighted by molar-refractivity contribution is 0.0733. The second kappa shape index (κ2) is 12.2. The van der Waals surface area contributed by atoms with Crippen molar-refractivity contribution in [1.29, 1.82) is 0 Å². The number of para-hydroxylation sites is 1. The topological polar surface area (TPSA) is 125 Å². The Morgan fingerprint density at radius 2 is 1.68 bits per heavy atom. The minimum Gasteiger partial charge on any atom is -0.496 e. The predicted molar refractivity (Wildman–Crippen MR) is 151 cm³/mol. The summed E-state index contributed by atoms with van der Waals surface area (Å²) in [4.78, 5) is 38.2. The number of nitrogens with zero attached hydrogens (tertiary/aromatic N) is 1. The zero-order valence-electron chi connectivity index (χ0n) is 21.6. The number of ether oxygens (including phenoxy) is 4. The fourth-order valence-corrected chi connectivity index (χ4v) is 4.05. The van der Waals surface area contributed by atoms with E-state index in [-0.39, 0.29) is 29.2 Å². The van der Waals surface area contributed by atoms with E-state index in [2.05, 4.69) is 15.8 Å². The first kappa shape index (κ1) is 27.2. The lowest BCUT2D eigenvalue weighted by Crippen LogP contribution is -2.18. The zero-order valence-corrected chi connectivity index (χ0v) is 22.3. The molecule has 4 aromatic rings. The number of hydrogen-bond acceptors (Lipinski definition) is 8. The molecule has 0 aromatic heterocycles. The molecule has 4 aromatic carbocycles. The Morgan fingerprint density at radius 1 is 0.854 bits per heavy atom. The smallest absolute Gasteiger partial charge is 0.343 e.